The fraction of sp³-hybridized carbons (Fsp3) is 0.500. The summed E-state index contributed by atoms with van der Waals surface area (Å²) in [6.45, 7) is 0. The first kappa shape index (κ1) is 18.0. The molecule has 1 amide bonds. The third-order valence-corrected chi connectivity index (χ3v) is 5.18. The number of amides is 1. The monoisotopic (exact) mass is 375 g/mol. The van der Waals surface area contributed by atoms with Crippen LogP contribution < -0.4 is 11.1 Å². The minimum absolute atomic E-state index is 0. The molecule has 4 rings (SSSR count). The van der Waals surface area contributed by atoms with Gasteiger partial charge in [-0.3, -0.25) is 4.79 Å². The lowest BCUT2D eigenvalue weighted by molar-refractivity contribution is -0.156. The number of alkyl halides is 3. The number of nitrogens with two attached hydrogens (primary N) is 1. The van der Waals surface area contributed by atoms with Crippen molar-refractivity contribution in [3.8, 4) is 0 Å². The van der Waals surface area contributed by atoms with Gasteiger partial charge in [0.25, 0.3) is 0 Å². The fourth-order valence-electron chi connectivity index (χ4n) is 4.08. The molecule has 0 radical (unpaired) electrons. The largest absolute Gasteiger partial charge is 0.468 e. The Morgan fingerprint density at radius 3 is 2.64 bits per heavy atom. The fourth-order valence-corrected chi connectivity index (χ4v) is 4.08. The van der Waals surface area contributed by atoms with Crippen LogP contribution in [0.25, 0.3) is 11.1 Å². The van der Waals surface area contributed by atoms with Gasteiger partial charge in [0.1, 0.15) is 5.52 Å². The maximum atomic E-state index is 12.6. The van der Waals surface area contributed by atoms with Crippen molar-refractivity contribution in [1.82, 2.24) is 4.98 Å². The first-order chi connectivity index (χ1) is 11.3. The first-order valence-electron chi connectivity index (χ1n) is 7.87. The van der Waals surface area contributed by atoms with Crippen molar-refractivity contribution in [3.63, 3.8) is 0 Å². The molecule has 2 fully saturated rings. The summed E-state index contributed by atoms with van der Waals surface area (Å²) in [5.74, 6) is -0.997. The second kappa shape index (κ2) is 6.17. The summed E-state index contributed by atoms with van der Waals surface area (Å²) in [4.78, 5) is 15.9. The van der Waals surface area contributed by atoms with E-state index in [0.717, 1.165) is 19.3 Å². The van der Waals surface area contributed by atoms with Crippen LogP contribution in [0.3, 0.4) is 0 Å². The van der Waals surface area contributed by atoms with Gasteiger partial charge >= 0.3 is 12.1 Å². The van der Waals surface area contributed by atoms with E-state index < -0.39 is 12.1 Å². The molecule has 2 aromatic rings. The molecule has 9 heteroatoms. The minimum Gasteiger partial charge on any atom is -0.433 e. The SMILES string of the molecule is Cl.NC1C2CCC(C2)C1C(=O)Nc1ccc2oc(C(F)(F)F)nc2c1. The molecule has 1 aromatic heterocycles. The number of nitrogens with one attached hydrogen (secondary N) is 1. The molecule has 2 aliphatic rings. The van der Waals surface area contributed by atoms with Gasteiger partial charge in [-0.15, -0.1) is 12.4 Å². The Kier molecular flexibility index (Phi) is 4.45. The number of rotatable bonds is 2. The van der Waals surface area contributed by atoms with Crippen LogP contribution in [0.5, 0.6) is 0 Å². The third-order valence-electron chi connectivity index (χ3n) is 5.18. The molecular weight excluding hydrogens is 359 g/mol. The Labute approximate surface area is 147 Å². The van der Waals surface area contributed by atoms with E-state index in [-0.39, 0.29) is 41.4 Å². The van der Waals surface area contributed by atoms with Gasteiger partial charge in [-0.1, -0.05) is 0 Å². The van der Waals surface area contributed by atoms with E-state index in [1.54, 1.807) is 0 Å². The maximum absolute atomic E-state index is 12.6. The lowest BCUT2D eigenvalue weighted by atomic mass is 9.84. The van der Waals surface area contributed by atoms with E-state index in [9.17, 15) is 18.0 Å². The van der Waals surface area contributed by atoms with Crippen molar-refractivity contribution in [1.29, 1.82) is 0 Å². The van der Waals surface area contributed by atoms with Crippen LogP contribution in [0.2, 0.25) is 0 Å². The second-order valence-corrected chi connectivity index (χ2v) is 6.62. The molecular formula is C16H17ClF3N3O2. The predicted molar refractivity (Wildman–Crippen MR) is 87.2 cm³/mol. The molecule has 25 heavy (non-hydrogen) atoms. The van der Waals surface area contributed by atoms with Gasteiger partial charge in [-0.05, 0) is 49.3 Å². The molecule has 2 bridgehead atoms. The van der Waals surface area contributed by atoms with Crippen LogP contribution in [0, 0.1) is 17.8 Å². The predicted octanol–water partition coefficient (Wildman–Crippen LogP) is 3.58. The quantitative estimate of drug-likeness (QED) is 0.840. The summed E-state index contributed by atoms with van der Waals surface area (Å²) in [6.07, 6.45) is -1.58. The number of carbonyl (C=O) groups excluding carboxylic acids is 1. The zero-order valence-corrected chi connectivity index (χ0v) is 13.9. The highest BCUT2D eigenvalue weighted by Crippen LogP contribution is 2.48. The molecule has 1 aromatic carbocycles. The highest BCUT2D eigenvalue weighted by Gasteiger charge is 2.49. The molecule has 2 saturated carbocycles. The third kappa shape index (κ3) is 3.08. The van der Waals surface area contributed by atoms with Crippen LogP contribution in [0.1, 0.15) is 25.2 Å². The van der Waals surface area contributed by atoms with E-state index >= 15 is 0 Å². The summed E-state index contributed by atoms with van der Waals surface area (Å²) in [5.41, 5.74) is 6.62. The number of aromatic nitrogens is 1. The van der Waals surface area contributed by atoms with Crippen molar-refractivity contribution in [2.75, 3.05) is 5.32 Å². The Hall–Kier alpha value is -1.80. The van der Waals surface area contributed by atoms with Gasteiger partial charge in [-0.25, -0.2) is 4.98 Å². The van der Waals surface area contributed by atoms with Gasteiger partial charge in [-0.2, -0.15) is 13.2 Å². The summed E-state index contributed by atoms with van der Waals surface area (Å²) in [5, 5.41) is 2.76. The van der Waals surface area contributed by atoms with Crippen LogP contribution in [-0.4, -0.2) is 16.9 Å². The smallest absolute Gasteiger partial charge is 0.433 e. The van der Waals surface area contributed by atoms with Gasteiger partial charge in [0.15, 0.2) is 5.58 Å². The zero-order chi connectivity index (χ0) is 17.1. The standard InChI is InChI=1S/C16H16F3N3O2.ClH/c17-16(18,19)15-22-10-6-9(3-4-11(10)24-15)21-14(23)12-7-1-2-8(5-7)13(12)20;/h3-4,6-8,12-13H,1-2,5,20H2,(H,21,23);1H. The number of hydrogen-bond acceptors (Lipinski definition) is 4. The Balaban J connectivity index is 0.00000182. The number of fused-ring (bicyclic) bond motifs is 3. The number of carbonyl (C=O) groups is 1. The van der Waals surface area contributed by atoms with Crippen LogP contribution in [-0.2, 0) is 11.0 Å². The van der Waals surface area contributed by atoms with Gasteiger partial charge < -0.3 is 15.5 Å². The number of hydrogen-bond donors (Lipinski definition) is 2. The van der Waals surface area contributed by atoms with E-state index in [0.29, 0.717) is 17.5 Å². The Morgan fingerprint density at radius 1 is 1.28 bits per heavy atom. The van der Waals surface area contributed by atoms with E-state index in [1.165, 1.54) is 18.2 Å². The van der Waals surface area contributed by atoms with Crippen molar-refractivity contribution in [2.24, 2.45) is 23.5 Å². The number of nitrogens with zero attached hydrogens (tertiary/aromatic N) is 1. The number of halogens is 4. The molecule has 1 heterocycles. The van der Waals surface area contributed by atoms with Crippen molar-refractivity contribution < 1.29 is 22.4 Å². The summed E-state index contributed by atoms with van der Waals surface area (Å²) in [7, 11) is 0. The molecule has 4 atom stereocenters. The average molecular weight is 376 g/mol. The summed E-state index contributed by atoms with van der Waals surface area (Å²) in [6, 6.07) is 4.11. The number of anilines is 1. The average Bonchev–Trinajstić information content (AvgIpc) is 3.18. The molecule has 2 aliphatic carbocycles. The molecule has 5 nitrogen and oxygen atoms in total. The second-order valence-electron chi connectivity index (χ2n) is 6.62. The lowest BCUT2D eigenvalue weighted by Crippen LogP contribution is -2.42. The van der Waals surface area contributed by atoms with Gasteiger partial charge in [0, 0.05) is 11.7 Å². The van der Waals surface area contributed by atoms with Crippen molar-refractivity contribution >= 4 is 35.1 Å². The Bertz CT molecular complexity index is 806. The first-order valence-corrected chi connectivity index (χ1v) is 7.87. The zero-order valence-electron chi connectivity index (χ0n) is 13.0. The van der Waals surface area contributed by atoms with E-state index in [2.05, 4.69) is 14.7 Å². The highest BCUT2D eigenvalue weighted by atomic mass is 35.5. The highest BCUT2D eigenvalue weighted by molar-refractivity contribution is 5.95. The van der Waals surface area contributed by atoms with Crippen LogP contribution in [0.15, 0.2) is 22.6 Å². The van der Waals surface area contributed by atoms with Crippen molar-refractivity contribution in [2.45, 2.75) is 31.5 Å². The normalized spacial score (nSPS) is 28.2. The van der Waals surface area contributed by atoms with E-state index in [1.807, 2.05) is 0 Å². The summed E-state index contributed by atoms with van der Waals surface area (Å²) >= 11 is 0. The molecule has 0 aliphatic heterocycles. The lowest BCUT2D eigenvalue weighted by Gasteiger charge is -2.26. The minimum atomic E-state index is -4.64. The van der Waals surface area contributed by atoms with Gasteiger partial charge in [0.2, 0.25) is 5.91 Å². The molecule has 4 unspecified atom stereocenters. The van der Waals surface area contributed by atoms with E-state index in [4.69, 9.17) is 5.73 Å². The number of benzene rings is 1. The molecule has 0 spiro atoms. The van der Waals surface area contributed by atoms with Crippen LogP contribution >= 0.6 is 12.4 Å². The molecule has 0 saturated heterocycles. The van der Waals surface area contributed by atoms with Crippen molar-refractivity contribution in [3.05, 3.63) is 24.1 Å². The Morgan fingerprint density at radius 2 is 2.00 bits per heavy atom. The number of oxazole rings is 1. The summed E-state index contributed by atoms with van der Waals surface area (Å²) < 4.78 is 42.6. The molecule has 3 N–H and O–H groups in total. The van der Waals surface area contributed by atoms with Crippen LogP contribution in [0.4, 0.5) is 18.9 Å². The van der Waals surface area contributed by atoms with Gasteiger partial charge in [0.05, 0.1) is 5.92 Å². The maximum Gasteiger partial charge on any atom is 0.468 e. The molecule has 136 valence electrons. The topological polar surface area (TPSA) is 81.2 Å².